The van der Waals surface area contributed by atoms with E-state index in [2.05, 4.69) is 5.32 Å². The lowest BCUT2D eigenvalue weighted by Gasteiger charge is -2.05. The molecule has 2 rings (SSSR count). The molecule has 0 saturated heterocycles. The Morgan fingerprint density at radius 2 is 2.05 bits per heavy atom. The summed E-state index contributed by atoms with van der Waals surface area (Å²) in [5, 5.41) is 21.4. The van der Waals surface area contributed by atoms with Crippen LogP contribution in [0.1, 0.15) is 10.6 Å². The summed E-state index contributed by atoms with van der Waals surface area (Å²) in [5.41, 5.74) is 0.461. The number of rotatable bonds is 5. The Hall–Kier alpha value is -3.34. The van der Waals surface area contributed by atoms with E-state index in [4.69, 9.17) is 14.4 Å². The second kappa shape index (κ2) is 6.21. The second-order valence-corrected chi connectivity index (χ2v) is 3.82. The molecule has 1 heterocycles. The molecule has 0 saturated carbocycles. The minimum absolute atomic E-state index is 0.0677. The SMILES string of the molecule is N#CCOc1ccc(NC(=O)c2ccc([N+](=O)[O-])o2)cc1. The zero-order chi connectivity index (χ0) is 15.2. The first-order valence-electron chi connectivity index (χ1n) is 5.75. The Kier molecular flexibility index (Phi) is 4.16. The molecule has 8 heteroatoms. The number of nitriles is 1. The fourth-order valence-electron chi connectivity index (χ4n) is 1.49. The molecule has 0 atom stereocenters. The predicted molar refractivity (Wildman–Crippen MR) is 70.9 cm³/mol. The number of hydrogen-bond donors (Lipinski definition) is 1. The van der Waals surface area contributed by atoms with Crippen molar-refractivity contribution >= 4 is 17.5 Å². The summed E-state index contributed by atoms with van der Waals surface area (Å²) in [5.74, 6) is -0.774. The van der Waals surface area contributed by atoms with Crippen LogP contribution in [0.5, 0.6) is 5.75 Å². The third-order valence-electron chi connectivity index (χ3n) is 2.41. The summed E-state index contributed by atoms with van der Waals surface area (Å²) < 4.78 is 9.85. The van der Waals surface area contributed by atoms with Gasteiger partial charge in [-0.05, 0) is 30.3 Å². The predicted octanol–water partition coefficient (Wildman–Crippen LogP) is 2.34. The van der Waals surface area contributed by atoms with Gasteiger partial charge < -0.3 is 14.5 Å². The highest BCUT2D eigenvalue weighted by atomic mass is 16.6. The van der Waals surface area contributed by atoms with Gasteiger partial charge in [-0.2, -0.15) is 5.26 Å². The van der Waals surface area contributed by atoms with Gasteiger partial charge in [-0.25, -0.2) is 0 Å². The molecular formula is C13H9N3O5. The topological polar surface area (TPSA) is 118 Å². The smallest absolute Gasteiger partial charge is 0.433 e. The van der Waals surface area contributed by atoms with Gasteiger partial charge in [0, 0.05) is 5.69 Å². The summed E-state index contributed by atoms with van der Waals surface area (Å²) in [7, 11) is 0. The Morgan fingerprint density at radius 1 is 1.33 bits per heavy atom. The third kappa shape index (κ3) is 3.57. The monoisotopic (exact) mass is 287 g/mol. The van der Waals surface area contributed by atoms with Crippen molar-refractivity contribution in [3.8, 4) is 11.8 Å². The Labute approximate surface area is 118 Å². The highest BCUT2D eigenvalue weighted by Gasteiger charge is 2.17. The third-order valence-corrected chi connectivity index (χ3v) is 2.41. The zero-order valence-corrected chi connectivity index (χ0v) is 10.6. The van der Waals surface area contributed by atoms with Gasteiger partial charge in [-0.15, -0.1) is 0 Å². The van der Waals surface area contributed by atoms with Crippen molar-refractivity contribution in [2.45, 2.75) is 0 Å². The molecule has 8 nitrogen and oxygen atoms in total. The largest absolute Gasteiger partial charge is 0.479 e. The first kappa shape index (κ1) is 14.1. The molecule has 1 aromatic carbocycles. The number of carbonyl (C=O) groups excluding carboxylic acids is 1. The van der Waals surface area contributed by atoms with E-state index in [1.807, 2.05) is 6.07 Å². The van der Waals surface area contributed by atoms with E-state index in [9.17, 15) is 14.9 Å². The minimum atomic E-state index is -0.724. The molecule has 106 valence electrons. The number of benzene rings is 1. The van der Waals surface area contributed by atoms with E-state index in [-0.39, 0.29) is 12.4 Å². The van der Waals surface area contributed by atoms with E-state index >= 15 is 0 Å². The molecule has 0 fully saturated rings. The van der Waals surface area contributed by atoms with Crippen LogP contribution >= 0.6 is 0 Å². The molecule has 0 aliphatic rings. The van der Waals surface area contributed by atoms with Crippen LogP contribution in [0.3, 0.4) is 0 Å². The van der Waals surface area contributed by atoms with Crippen LogP contribution in [-0.4, -0.2) is 17.4 Å². The van der Waals surface area contributed by atoms with Gasteiger partial charge >= 0.3 is 5.88 Å². The minimum Gasteiger partial charge on any atom is -0.479 e. The summed E-state index contributed by atoms with van der Waals surface area (Å²) in [6, 6.07) is 10.5. The Bertz CT molecular complexity index is 699. The molecule has 1 amide bonds. The number of ether oxygens (including phenoxy) is 1. The number of carbonyl (C=O) groups is 1. The van der Waals surface area contributed by atoms with Gasteiger partial charge in [-0.3, -0.25) is 14.9 Å². The summed E-state index contributed by atoms with van der Waals surface area (Å²) in [4.78, 5) is 21.5. The molecule has 0 aliphatic heterocycles. The van der Waals surface area contributed by atoms with E-state index in [0.29, 0.717) is 11.4 Å². The van der Waals surface area contributed by atoms with E-state index < -0.39 is 16.7 Å². The molecule has 0 aliphatic carbocycles. The molecule has 0 spiro atoms. The highest BCUT2D eigenvalue weighted by Crippen LogP contribution is 2.19. The van der Waals surface area contributed by atoms with Gasteiger partial charge in [0.25, 0.3) is 5.91 Å². The molecule has 2 aromatic rings. The van der Waals surface area contributed by atoms with Crippen LogP contribution in [-0.2, 0) is 0 Å². The first-order valence-corrected chi connectivity index (χ1v) is 5.75. The number of amides is 1. The quantitative estimate of drug-likeness (QED) is 0.666. The van der Waals surface area contributed by atoms with E-state index in [0.717, 1.165) is 6.07 Å². The molecule has 1 N–H and O–H groups in total. The second-order valence-electron chi connectivity index (χ2n) is 3.82. The van der Waals surface area contributed by atoms with Gasteiger partial charge in [-0.1, -0.05) is 0 Å². The lowest BCUT2D eigenvalue weighted by molar-refractivity contribution is -0.402. The van der Waals surface area contributed by atoms with Gasteiger partial charge in [0.2, 0.25) is 0 Å². The van der Waals surface area contributed by atoms with Crippen LogP contribution in [0.4, 0.5) is 11.6 Å². The molecule has 0 unspecified atom stereocenters. The maximum atomic E-state index is 11.8. The van der Waals surface area contributed by atoms with Crippen molar-refractivity contribution in [2.75, 3.05) is 11.9 Å². The standard InChI is InChI=1S/C13H9N3O5/c14-7-8-20-10-3-1-9(2-4-10)15-13(17)11-5-6-12(21-11)16(18)19/h1-6H,8H2,(H,15,17). The number of nitrogens with zero attached hydrogens (tertiary/aromatic N) is 2. The van der Waals surface area contributed by atoms with E-state index in [1.54, 1.807) is 24.3 Å². The number of nitro groups is 1. The van der Waals surface area contributed by atoms with Crippen LogP contribution in [0.25, 0.3) is 0 Å². The lowest BCUT2D eigenvalue weighted by atomic mass is 10.3. The maximum absolute atomic E-state index is 11.8. The normalized spacial score (nSPS) is 9.67. The fourth-order valence-corrected chi connectivity index (χ4v) is 1.49. The number of furan rings is 1. The van der Waals surface area contributed by atoms with Crippen molar-refractivity contribution in [3.63, 3.8) is 0 Å². The summed E-state index contributed by atoms with van der Waals surface area (Å²) in [6.07, 6.45) is 0. The van der Waals surface area contributed by atoms with Crippen molar-refractivity contribution in [1.29, 1.82) is 5.26 Å². The highest BCUT2D eigenvalue weighted by molar-refractivity contribution is 6.02. The van der Waals surface area contributed by atoms with Gasteiger partial charge in [0.05, 0.1) is 6.07 Å². The fraction of sp³-hybridized carbons (Fsp3) is 0.0769. The Morgan fingerprint density at radius 3 is 2.62 bits per heavy atom. The average Bonchev–Trinajstić information content (AvgIpc) is 2.97. The van der Waals surface area contributed by atoms with Crippen molar-refractivity contribution in [1.82, 2.24) is 0 Å². The van der Waals surface area contributed by atoms with Crippen molar-refractivity contribution in [3.05, 3.63) is 52.3 Å². The van der Waals surface area contributed by atoms with Gasteiger partial charge in [0.1, 0.15) is 16.7 Å². The van der Waals surface area contributed by atoms with Crippen molar-refractivity contribution < 1.29 is 18.9 Å². The Balaban J connectivity index is 2.01. The number of anilines is 1. The molecule has 0 bridgehead atoms. The average molecular weight is 287 g/mol. The first-order chi connectivity index (χ1) is 10.1. The van der Waals surface area contributed by atoms with Crippen LogP contribution in [0.15, 0.2) is 40.8 Å². The summed E-state index contributed by atoms with van der Waals surface area (Å²) in [6.45, 7) is -0.0677. The zero-order valence-electron chi connectivity index (χ0n) is 10.6. The lowest BCUT2D eigenvalue weighted by Crippen LogP contribution is -2.10. The maximum Gasteiger partial charge on any atom is 0.433 e. The van der Waals surface area contributed by atoms with Crippen LogP contribution in [0.2, 0.25) is 0 Å². The number of nitrogens with one attached hydrogen (secondary N) is 1. The summed E-state index contributed by atoms with van der Waals surface area (Å²) >= 11 is 0. The van der Waals surface area contributed by atoms with Crippen LogP contribution < -0.4 is 10.1 Å². The molecule has 21 heavy (non-hydrogen) atoms. The van der Waals surface area contributed by atoms with Crippen LogP contribution in [0, 0.1) is 21.4 Å². The molecule has 1 aromatic heterocycles. The molecule has 0 radical (unpaired) electrons. The number of hydrogen-bond acceptors (Lipinski definition) is 6. The van der Waals surface area contributed by atoms with Crippen molar-refractivity contribution in [2.24, 2.45) is 0 Å². The van der Waals surface area contributed by atoms with E-state index in [1.165, 1.54) is 6.07 Å². The molecular weight excluding hydrogens is 278 g/mol. The van der Waals surface area contributed by atoms with Gasteiger partial charge in [0.15, 0.2) is 12.4 Å².